The molecule has 26 heavy (non-hydrogen) atoms. The van der Waals surface area contributed by atoms with Crippen molar-refractivity contribution in [2.24, 2.45) is 7.05 Å². The number of carbonyl (C=O) groups is 2. The first kappa shape index (κ1) is 17.2. The molecular weight excluding hydrogens is 334 g/mol. The molecule has 0 bridgehead atoms. The fourth-order valence-electron chi connectivity index (χ4n) is 2.59. The molecule has 1 aromatic carbocycles. The van der Waals surface area contributed by atoms with Crippen LogP contribution in [-0.2, 0) is 18.4 Å². The summed E-state index contributed by atoms with van der Waals surface area (Å²) < 4.78 is 6.68. The number of carbonyl (C=O) groups excluding carboxylic acids is 1. The molecule has 0 aliphatic heterocycles. The lowest BCUT2D eigenvalue weighted by molar-refractivity contribution is 0.0686. The third-order valence-electron chi connectivity index (χ3n) is 3.81. The molecular formula is C19H17N3O4. The molecule has 0 aliphatic rings. The summed E-state index contributed by atoms with van der Waals surface area (Å²) >= 11 is 0. The van der Waals surface area contributed by atoms with Gasteiger partial charge in [-0.1, -0.05) is 36.4 Å². The first-order valence-electron chi connectivity index (χ1n) is 7.88. The van der Waals surface area contributed by atoms with E-state index >= 15 is 0 Å². The predicted molar refractivity (Wildman–Crippen MR) is 95.9 cm³/mol. The number of amides is 1. The Hall–Kier alpha value is -3.61. The highest BCUT2D eigenvalue weighted by molar-refractivity contribution is 5.96. The van der Waals surface area contributed by atoms with E-state index in [1.807, 2.05) is 30.3 Å². The van der Waals surface area contributed by atoms with Crippen LogP contribution in [0.4, 0.5) is 10.5 Å². The van der Waals surface area contributed by atoms with Crippen LogP contribution in [0.15, 0.2) is 60.8 Å². The molecule has 132 valence electrons. The molecule has 0 saturated carbocycles. The highest BCUT2D eigenvalue weighted by Crippen LogP contribution is 2.30. The van der Waals surface area contributed by atoms with Crippen LogP contribution in [0.2, 0.25) is 0 Å². The van der Waals surface area contributed by atoms with Crippen molar-refractivity contribution in [3.63, 3.8) is 0 Å². The predicted octanol–water partition coefficient (Wildman–Crippen LogP) is 3.53. The number of hydrogen-bond donors (Lipinski definition) is 2. The average Bonchev–Trinajstić information content (AvgIpc) is 2.98. The molecule has 2 N–H and O–H groups in total. The van der Waals surface area contributed by atoms with Gasteiger partial charge >= 0.3 is 12.1 Å². The quantitative estimate of drug-likeness (QED) is 0.733. The van der Waals surface area contributed by atoms with E-state index in [0.29, 0.717) is 17.1 Å². The lowest BCUT2D eigenvalue weighted by Crippen LogP contribution is -2.14. The van der Waals surface area contributed by atoms with Gasteiger partial charge in [0, 0.05) is 13.2 Å². The average molecular weight is 351 g/mol. The van der Waals surface area contributed by atoms with E-state index in [-0.39, 0.29) is 12.3 Å². The van der Waals surface area contributed by atoms with Crippen LogP contribution in [0.1, 0.15) is 16.1 Å². The van der Waals surface area contributed by atoms with E-state index in [1.54, 1.807) is 31.4 Å². The van der Waals surface area contributed by atoms with Gasteiger partial charge in [0.1, 0.15) is 12.3 Å². The molecule has 0 saturated heterocycles. The van der Waals surface area contributed by atoms with Crippen molar-refractivity contribution in [2.75, 3.05) is 5.32 Å². The normalized spacial score (nSPS) is 10.3. The van der Waals surface area contributed by atoms with Crippen LogP contribution >= 0.6 is 0 Å². The van der Waals surface area contributed by atoms with E-state index in [0.717, 1.165) is 5.56 Å². The van der Waals surface area contributed by atoms with E-state index in [9.17, 15) is 14.7 Å². The van der Waals surface area contributed by atoms with E-state index < -0.39 is 12.1 Å². The van der Waals surface area contributed by atoms with Crippen LogP contribution < -0.4 is 5.32 Å². The molecule has 0 atom stereocenters. The number of rotatable bonds is 5. The zero-order chi connectivity index (χ0) is 18.5. The summed E-state index contributed by atoms with van der Waals surface area (Å²) in [6, 6.07) is 15.9. The lowest BCUT2D eigenvalue weighted by atomic mass is 10.2. The van der Waals surface area contributed by atoms with Gasteiger partial charge in [0.2, 0.25) is 0 Å². The van der Waals surface area contributed by atoms with Gasteiger partial charge in [0.05, 0.1) is 17.1 Å². The highest BCUT2D eigenvalue weighted by Gasteiger charge is 2.21. The van der Waals surface area contributed by atoms with Gasteiger partial charge in [-0.3, -0.25) is 10.3 Å². The topological polar surface area (TPSA) is 93.5 Å². The fourth-order valence-corrected chi connectivity index (χ4v) is 2.59. The smallest absolute Gasteiger partial charge is 0.412 e. The Morgan fingerprint density at radius 2 is 1.88 bits per heavy atom. The van der Waals surface area contributed by atoms with Gasteiger partial charge in [-0.25, -0.2) is 9.59 Å². The number of pyridine rings is 1. The molecule has 2 aromatic heterocycles. The number of hydrogen-bond acceptors (Lipinski definition) is 4. The van der Waals surface area contributed by atoms with Crippen LogP contribution in [0.5, 0.6) is 0 Å². The number of nitrogens with zero attached hydrogens (tertiary/aromatic N) is 2. The van der Waals surface area contributed by atoms with Crippen molar-refractivity contribution in [3.8, 4) is 11.4 Å². The summed E-state index contributed by atoms with van der Waals surface area (Å²) in [5, 5.41) is 12.0. The van der Waals surface area contributed by atoms with E-state index in [4.69, 9.17) is 4.74 Å². The van der Waals surface area contributed by atoms with Gasteiger partial charge in [0.15, 0.2) is 0 Å². The molecule has 0 radical (unpaired) electrons. The van der Waals surface area contributed by atoms with Gasteiger partial charge < -0.3 is 14.4 Å². The van der Waals surface area contributed by atoms with Crippen molar-refractivity contribution < 1.29 is 19.4 Å². The fraction of sp³-hybridized carbons (Fsp3) is 0.105. The minimum Gasteiger partial charge on any atom is -0.477 e. The zero-order valence-electron chi connectivity index (χ0n) is 14.0. The van der Waals surface area contributed by atoms with Crippen molar-refractivity contribution >= 4 is 17.7 Å². The number of anilines is 1. The summed E-state index contributed by atoms with van der Waals surface area (Å²) in [4.78, 5) is 27.8. The largest absolute Gasteiger partial charge is 0.477 e. The number of nitrogens with one attached hydrogen (secondary N) is 1. The van der Waals surface area contributed by atoms with Crippen molar-refractivity contribution in [3.05, 3.63) is 72.1 Å². The SMILES string of the molecule is Cn1c(C(=O)O)cc(NC(=O)OCc2ccccc2)c1-c1ccccn1. The molecule has 3 rings (SSSR count). The Balaban J connectivity index is 1.83. The van der Waals surface area contributed by atoms with Gasteiger partial charge in [-0.15, -0.1) is 0 Å². The van der Waals surface area contributed by atoms with Crippen LogP contribution in [0.3, 0.4) is 0 Å². The summed E-state index contributed by atoms with van der Waals surface area (Å²) in [5.41, 5.74) is 2.23. The Morgan fingerprint density at radius 3 is 2.54 bits per heavy atom. The summed E-state index contributed by atoms with van der Waals surface area (Å²) in [6.07, 6.45) is 0.925. The third kappa shape index (κ3) is 3.72. The monoisotopic (exact) mass is 351 g/mol. The first-order chi connectivity index (χ1) is 12.6. The molecule has 7 nitrogen and oxygen atoms in total. The second kappa shape index (κ2) is 7.52. The number of carboxylic acids is 1. The van der Waals surface area contributed by atoms with Crippen LogP contribution in [0, 0.1) is 0 Å². The third-order valence-corrected chi connectivity index (χ3v) is 3.81. The molecule has 3 aromatic rings. The molecule has 0 unspecified atom stereocenters. The number of benzene rings is 1. The molecule has 2 heterocycles. The maximum atomic E-state index is 12.1. The summed E-state index contributed by atoms with van der Waals surface area (Å²) in [6.45, 7) is 0.115. The Morgan fingerprint density at radius 1 is 1.15 bits per heavy atom. The number of carboxylic acid groups (broad SMARTS) is 1. The van der Waals surface area contributed by atoms with Gasteiger partial charge in [0.25, 0.3) is 0 Å². The molecule has 1 amide bonds. The number of ether oxygens (including phenoxy) is 1. The maximum absolute atomic E-state index is 12.1. The van der Waals surface area contributed by atoms with Crippen LogP contribution in [0.25, 0.3) is 11.4 Å². The Labute approximate surface area is 149 Å². The van der Waals surface area contributed by atoms with E-state index in [2.05, 4.69) is 10.3 Å². The Bertz CT molecular complexity index is 921. The molecule has 0 spiro atoms. The minimum absolute atomic E-state index is 0.0315. The molecule has 0 fully saturated rings. The minimum atomic E-state index is -1.10. The van der Waals surface area contributed by atoms with Crippen molar-refractivity contribution in [2.45, 2.75) is 6.61 Å². The Kier molecular flexibility index (Phi) is 4.98. The number of aromatic carboxylic acids is 1. The van der Waals surface area contributed by atoms with Crippen LogP contribution in [-0.4, -0.2) is 26.7 Å². The maximum Gasteiger partial charge on any atom is 0.412 e. The summed E-state index contributed by atoms with van der Waals surface area (Å²) in [5.74, 6) is -1.10. The summed E-state index contributed by atoms with van der Waals surface area (Å²) in [7, 11) is 1.61. The lowest BCUT2D eigenvalue weighted by Gasteiger charge is -2.09. The number of aromatic nitrogens is 2. The molecule has 7 heteroatoms. The molecule has 0 aliphatic carbocycles. The zero-order valence-corrected chi connectivity index (χ0v) is 14.0. The van der Waals surface area contributed by atoms with Gasteiger partial charge in [-0.2, -0.15) is 0 Å². The first-order valence-corrected chi connectivity index (χ1v) is 7.88. The standard InChI is InChI=1S/C19H17N3O4/c1-22-16(18(23)24)11-15(17(22)14-9-5-6-10-20-14)21-19(25)26-12-13-7-3-2-4-8-13/h2-11H,12H2,1H3,(H,21,25)(H,23,24). The van der Waals surface area contributed by atoms with E-state index in [1.165, 1.54) is 10.6 Å². The second-order valence-corrected chi connectivity index (χ2v) is 5.56. The van der Waals surface area contributed by atoms with Crippen molar-refractivity contribution in [1.29, 1.82) is 0 Å². The van der Waals surface area contributed by atoms with Crippen molar-refractivity contribution in [1.82, 2.24) is 9.55 Å². The second-order valence-electron chi connectivity index (χ2n) is 5.56. The highest BCUT2D eigenvalue weighted by atomic mass is 16.5. The van der Waals surface area contributed by atoms with Gasteiger partial charge in [-0.05, 0) is 23.8 Å².